The standard InChI is InChI=1S/C14H14N4OS/c1-11-7-8-15-18(11)9-13-16-17-14(19-13)20-10-12-5-3-2-4-6-12/h2-8H,9-10H2,1H3. The zero-order chi connectivity index (χ0) is 13.8. The second kappa shape index (κ2) is 5.92. The number of hydrogen-bond donors (Lipinski definition) is 0. The normalized spacial score (nSPS) is 10.8. The lowest BCUT2D eigenvalue weighted by atomic mass is 10.2. The van der Waals surface area contributed by atoms with Gasteiger partial charge >= 0.3 is 0 Å². The molecule has 2 aromatic heterocycles. The third-order valence-electron chi connectivity index (χ3n) is 2.87. The van der Waals surface area contributed by atoms with Gasteiger partial charge in [-0.2, -0.15) is 5.10 Å². The fraction of sp³-hybridized carbons (Fsp3) is 0.214. The van der Waals surface area contributed by atoms with Crippen molar-refractivity contribution in [3.8, 4) is 0 Å². The van der Waals surface area contributed by atoms with Gasteiger partial charge in [-0.05, 0) is 18.6 Å². The summed E-state index contributed by atoms with van der Waals surface area (Å²) >= 11 is 1.54. The molecule has 3 aromatic rings. The molecule has 0 spiro atoms. The second-order valence-corrected chi connectivity index (χ2v) is 5.29. The quantitative estimate of drug-likeness (QED) is 0.675. The Kier molecular flexibility index (Phi) is 3.83. The molecular formula is C14H14N4OS. The first-order valence-electron chi connectivity index (χ1n) is 6.29. The average molecular weight is 286 g/mol. The molecule has 3 rings (SSSR count). The lowest BCUT2D eigenvalue weighted by molar-refractivity contribution is 0.396. The highest BCUT2D eigenvalue weighted by molar-refractivity contribution is 7.98. The van der Waals surface area contributed by atoms with Crippen LogP contribution in [0, 0.1) is 6.92 Å². The molecule has 0 N–H and O–H groups in total. The molecule has 0 saturated carbocycles. The van der Waals surface area contributed by atoms with Gasteiger partial charge in [-0.1, -0.05) is 42.1 Å². The molecule has 2 heterocycles. The van der Waals surface area contributed by atoms with E-state index in [9.17, 15) is 0 Å². The van der Waals surface area contributed by atoms with Crippen molar-refractivity contribution in [3.05, 3.63) is 59.7 Å². The Bertz CT molecular complexity index is 677. The molecule has 0 amide bonds. The topological polar surface area (TPSA) is 56.7 Å². The van der Waals surface area contributed by atoms with E-state index < -0.39 is 0 Å². The van der Waals surface area contributed by atoms with Crippen molar-refractivity contribution in [2.75, 3.05) is 0 Å². The Hall–Kier alpha value is -2.08. The summed E-state index contributed by atoms with van der Waals surface area (Å²) in [6.45, 7) is 2.51. The van der Waals surface area contributed by atoms with E-state index in [1.807, 2.05) is 35.9 Å². The summed E-state index contributed by atoms with van der Waals surface area (Å²) in [6.07, 6.45) is 1.76. The predicted molar refractivity (Wildman–Crippen MR) is 76.4 cm³/mol. The van der Waals surface area contributed by atoms with Crippen LogP contribution in [0.25, 0.3) is 0 Å². The third-order valence-corrected chi connectivity index (χ3v) is 3.76. The van der Waals surface area contributed by atoms with Crippen LogP contribution >= 0.6 is 11.8 Å². The van der Waals surface area contributed by atoms with Crippen LogP contribution in [0.15, 0.2) is 52.2 Å². The number of aryl methyl sites for hydroxylation is 1. The smallest absolute Gasteiger partial charge is 0.276 e. The van der Waals surface area contributed by atoms with Gasteiger partial charge in [0.2, 0.25) is 5.89 Å². The van der Waals surface area contributed by atoms with Crippen LogP contribution in [-0.2, 0) is 12.3 Å². The molecule has 0 saturated heterocycles. The van der Waals surface area contributed by atoms with E-state index in [1.165, 1.54) is 5.56 Å². The molecule has 0 aliphatic carbocycles. The Morgan fingerprint density at radius 3 is 2.75 bits per heavy atom. The number of nitrogens with zero attached hydrogens (tertiary/aromatic N) is 4. The van der Waals surface area contributed by atoms with Crippen LogP contribution < -0.4 is 0 Å². The molecule has 0 atom stereocenters. The molecule has 102 valence electrons. The van der Waals surface area contributed by atoms with Crippen LogP contribution in [0.4, 0.5) is 0 Å². The van der Waals surface area contributed by atoms with E-state index in [1.54, 1.807) is 18.0 Å². The van der Waals surface area contributed by atoms with Gasteiger partial charge in [0.25, 0.3) is 5.22 Å². The maximum absolute atomic E-state index is 5.61. The fourth-order valence-corrected chi connectivity index (χ4v) is 2.51. The van der Waals surface area contributed by atoms with Crippen LogP contribution in [0.2, 0.25) is 0 Å². The Morgan fingerprint density at radius 1 is 1.15 bits per heavy atom. The van der Waals surface area contributed by atoms with Gasteiger partial charge in [0, 0.05) is 17.6 Å². The predicted octanol–water partition coefficient (Wildman–Crippen LogP) is 2.92. The summed E-state index contributed by atoms with van der Waals surface area (Å²) in [7, 11) is 0. The lowest BCUT2D eigenvalue weighted by Crippen LogP contribution is -2.03. The summed E-state index contributed by atoms with van der Waals surface area (Å²) in [5.41, 5.74) is 2.31. The van der Waals surface area contributed by atoms with Crippen molar-refractivity contribution in [2.24, 2.45) is 0 Å². The molecule has 0 aliphatic heterocycles. The molecule has 0 unspecified atom stereocenters. The summed E-state index contributed by atoms with van der Waals surface area (Å²) in [4.78, 5) is 0. The molecule has 1 aromatic carbocycles. The fourth-order valence-electron chi connectivity index (χ4n) is 1.77. The molecule has 0 radical (unpaired) electrons. The zero-order valence-electron chi connectivity index (χ0n) is 11.1. The van der Waals surface area contributed by atoms with Gasteiger partial charge in [-0.3, -0.25) is 4.68 Å². The van der Waals surface area contributed by atoms with Crippen LogP contribution in [-0.4, -0.2) is 20.0 Å². The number of aromatic nitrogens is 4. The third kappa shape index (κ3) is 3.08. The molecule has 0 aliphatic rings. The first-order valence-corrected chi connectivity index (χ1v) is 7.27. The number of rotatable bonds is 5. The first kappa shape index (κ1) is 12.9. The van der Waals surface area contributed by atoms with Crippen molar-refractivity contribution in [1.82, 2.24) is 20.0 Å². The van der Waals surface area contributed by atoms with Crippen molar-refractivity contribution in [1.29, 1.82) is 0 Å². The van der Waals surface area contributed by atoms with Crippen molar-refractivity contribution in [3.63, 3.8) is 0 Å². The SMILES string of the molecule is Cc1ccnn1Cc1nnc(SCc2ccccc2)o1. The maximum atomic E-state index is 5.61. The second-order valence-electron chi connectivity index (χ2n) is 4.37. The van der Waals surface area contributed by atoms with Gasteiger partial charge in [-0.15, -0.1) is 10.2 Å². The van der Waals surface area contributed by atoms with E-state index >= 15 is 0 Å². The van der Waals surface area contributed by atoms with Crippen molar-refractivity contribution >= 4 is 11.8 Å². The molecule has 0 bridgehead atoms. The zero-order valence-corrected chi connectivity index (χ0v) is 11.9. The number of hydrogen-bond acceptors (Lipinski definition) is 5. The first-order chi connectivity index (χ1) is 9.81. The van der Waals surface area contributed by atoms with Crippen LogP contribution in [0.5, 0.6) is 0 Å². The van der Waals surface area contributed by atoms with Crippen LogP contribution in [0.1, 0.15) is 17.1 Å². The van der Waals surface area contributed by atoms with Gasteiger partial charge < -0.3 is 4.42 Å². The highest BCUT2D eigenvalue weighted by Crippen LogP contribution is 2.21. The van der Waals surface area contributed by atoms with E-state index in [2.05, 4.69) is 27.4 Å². The van der Waals surface area contributed by atoms with E-state index in [4.69, 9.17) is 4.42 Å². The van der Waals surface area contributed by atoms with Gasteiger partial charge in [0.05, 0.1) is 0 Å². The minimum atomic E-state index is 0.512. The minimum Gasteiger partial charge on any atom is -0.414 e. The largest absolute Gasteiger partial charge is 0.414 e. The Balaban J connectivity index is 1.61. The van der Waals surface area contributed by atoms with Crippen LogP contribution in [0.3, 0.4) is 0 Å². The van der Waals surface area contributed by atoms with Crippen molar-refractivity contribution in [2.45, 2.75) is 24.4 Å². The molecular weight excluding hydrogens is 272 g/mol. The summed E-state index contributed by atoms with van der Waals surface area (Å²) in [5, 5.41) is 12.9. The van der Waals surface area contributed by atoms with E-state index in [0.717, 1.165) is 11.4 Å². The molecule has 6 heteroatoms. The maximum Gasteiger partial charge on any atom is 0.276 e. The minimum absolute atomic E-state index is 0.512. The summed E-state index contributed by atoms with van der Waals surface area (Å²) in [6, 6.07) is 12.2. The summed E-state index contributed by atoms with van der Waals surface area (Å²) < 4.78 is 7.45. The Labute approximate surface area is 121 Å². The van der Waals surface area contributed by atoms with Gasteiger partial charge in [-0.25, -0.2) is 0 Å². The highest BCUT2D eigenvalue weighted by atomic mass is 32.2. The van der Waals surface area contributed by atoms with Crippen molar-refractivity contribution < 1.29 is 4.42 Å². The summed E-state index contributed by atoms with van der Waals surface area (Å²) in [5.74, 6) is 1.40. The van der Waals surface area contributed by atoms with Gasteiger partial charge in [0.1, 0.15) is 6.54 Å². The number of thioether (sulfide) groups is 1. The molecule has 20 heavy (non-hydrogen) atoms. The molecule has 0 fully saturated rings. The van der Waals surface area contributed by atoms with E-state index in [-0.39, 0.29) is 0 Å². The monoisotopic (exact) mass is 286 g/mol. The Morgan fingerprint density at radius 2 is 2.00 bits per heavy atom. The molecule has 5 nitrogen and oxygen atoms in total. The number of benzene rings is 1. The lowest BCUT2D eigenvalue weighted by Gasteiger charge is -1.99. The average Bonchev–Trinajstić information content (AvgIpc) is 3.08. The van der Waals surface area contributed by atoms with Gasteiger partial charge in [0.15, 0.2) is 0 Å². The van der Waals surface area contributed by atoms with E-state index in [0.29, 0.717) is 17.7 Å². The highest BCUT2D eigenvalue weighted by Gasteiger charge is 2.08.